The molecule has 0 spiro atoms. The molecule has 8 nitrogen and oxygen atoms in total. The van der Waals surface area contributed by atoms with Gasteiger partial charge in [0.15, 0.2) is 14.9 Å². The summed E-state index contributed by atoms with van der Waals surface area (Å²) in [5.41, 5.74) is 4.54. The van der Waals surface area contributed by atoms with E-state index in [1.807, 2.05) is 44.1 Å². The molecule has 0 radical (unpaired) electrons. The van der Waals surface area contributed by atoms with Crippen molar-refractivity contribution >= 4 is 32.6 Å². The minimum absolute atomic E-state index is 0.0201. The minimum Gasteiger partial charge on any atom is -0.323 e. The highest BCUT2D eigenvalue weighted by molar-refractivity contribution is 7.90. The molecule has 35 heavy (non-hydrogen) atoms. The molecule has 0 saturated carbocycles. The van der Waals surface area contributed by atoms with Crippen molar-refractivity contribution in [2.24, 2.45) is 0 Å². The maximum atomic E-state index is 13.3. The second-order valence-electron chi connectivity index (χ2n) is 8.59. The molecule has 9 heteroatoms. The predicted molar refractivity (Wildman–Crippen MR) is 140 cm³/mol. The molecule has 1 aliphatic rings. The smallest absolute Gasteiger partial charge is 0.323 e. The standard InChI is InChI=1S/C24H29N5O3S.C2H6/c1-5-7-18(8-6-2)29-23-17(15-28(3)24(29)30)14-25-20-11-10-19(27-22(20)23)16-9-12-21(26-13-16)33(4,31)32;1-2/h9-14,18H,5-8,15H2,1-4H3;1-2H3. The fourth-order valence-electron chi connectivity index (χ4n) is 4.40. The van der Waals surface area contributed by atoms with Crippen molar-refractivity contribution in [1.29, 1.82) is 0 Å². The Morgan fingerprint density at radius 2 is 1.69 bits per heavy atom. The van der Waals surface area contributed by atoms with Crippen LogP contribution in [0.5, 0.6) is 0 Å². The molecule has 0 saturated heterocycles. The Balaban J connectivity index is 0.00000167. The summed E-state index contributed by atoms with van der Waals surface area (Å²) in [7, 11) is -1.56. The third-order valence-corrected chi connectivity index (χ3v) is 6.97. The van der Waals surface area contributed by atoms with Crippen molar-refractivity contribution in [3.8, 4) is 11.3 Å². The van der Waals surface area contributed by atoms with Crippen molar-refractivity contribution in [3.05, 3.63) is 42.2 Å². The summed E-state index contributed by atoms with van der Waals surface area (Å²) >= 11 is 0. The zero-order valence-electron chi connectivity index (χ0n) is 21.4. The van der Waals surface area contributed by atoms with Crippen LogP contribution in [-0.2, 0) is 16.4 Å². The highest BCUT2D eigenvalue weighted by Gasteiger charge is 2.35. The van der Waals surface area contributed by atoms with Crippen LogP contribution in [0.4, 0.5) is 10.5 Å². The van der Waals surface area contributed by atoms with Gasteiger partial charge in [-0.3, -0.25) is 9.88 Å². The quantitative estimate of drug-likeness (QED) is 0.430. The third-order valence-electron chi connectivity index (χ3n) is 5.96. The van der Waals surface area contributed by atoms with Gasteiger partial charge in [-0.2, -0.15) is 0 Å². The van der Waals surface area contributed by atoms with Crippen LogP contribution in [0, 0.1) is 0 Å². The number of nitrogens with zero attached hydrogens (tertiary/aromatic N) is 5. The lowest BCUT2D eigenvalue weighted by Gasteiger charge is -2.40. The van der Waals surface area contributed by atoms with Crippen molar-refractivity contribution in [2.75, 3.05) is 18.2 Å². The first-order chi connectivity index (χ1) is 16.7. The molecular formula is C26H35N5O3S. The van der Waals surface area contributed by atoms with E-state index in [0.717, 1.165) is 43.2 Å². The fraction of sp³-hybridized carbons (Fsp3) is 0.462. The number of carbonyl (C=O) groups is 1. The van der Waals surface area contributed by atoms with Crippen molar-refractivity contribution in [1.82, 2.24) is 19.9 Å². The Hall–Kier alpha value is -3.07. The second kappa shape index (κ2) is 11.1. The van der Waals surface area contributed by atoms with Crippen LogP contribution in [0.25, 0.3) is 22.3 Å². The Morgan fingerprint density at radius 1 is 1.00 bits per heavy atom. The van der Waals surface area contributed by atoms with Crippen LogP contribution in [0.15, 0.2) is 41.7 Å². The van der Waals surface area contributed by atoms with Gasteiger partial charge >= 0.3 is 6.03 Å². The monoisotopic (exact) mass is 497 g/mol. The van der Waals surface area contributed by atoms with Gasteiger partial charge in [0.25, 0.3) is 0 Å². The molecule has 4 rings (SSSR count). The summed E-state index contributed by atoms with van der Waals surface area (Å²) in [5.74, 6) is 0. The Bertz CT molecular complexity index is 1290. The molecule has 2 amide bonds. The van der Waals surface area contributed by atoms with E-state index < -0.39 is 9.84 Å². The summed E-state index contributed by atoms with van der Waals surface area (Å²) in [6.45, 7) is 8.75. The molecule has 0 atom stereocenters. The van der Waals surface area contributed by atoms with Crippen molar-refractivity contribution in [3.63, 3.8) is 0 Å². The van der Waals surface area contributed by atoms with Crippen LogP contribution in [-0.4, -0.2) is 53.6 Å². The number of hydrogen-bond acceptors (Lipinski definition) is 6. The van der Waals surface area contributed by atoms with Crippen LogP contribution in [0.1, 0.15) is 58.9 Å². The zero-order valence-corrected chi connectivity index (χ0v) is 22.3. The summed E-state index contributed by atoms with van der Waals surface area (Å²) < 4.78 is 23.5. The first-order valence-corrected chi connectivity index (χ1v) is 14.1. The van der Waals surface area contributed by atoms with E-state index in [4.69, 9.17) is 4.98 Å². The molecule has 3 aromatic heterocycles. The van der Waals surface area contributed by atoms with Gasteiger partial charge in [-0.1, -0.05) is 40.5 Å². The van der Waals surface area contributed by atoms with Gasteiger partial charge in [0.1, 0.15) is 5.52 Å². The Kier molecular flexibility index (Phi) is 8.43. The van der Waals surface area contributed by atoms with Crippen molar-refractivity contribution < 1.29 is 13.2 Å². The first kappa shape index (κ1) is 26.5. The van der Waals surface area contributed by atoms with E-state index >= 15 is 0 Å². The molecule has 0 aliphatic carbocycles. The average Bonchev–Trinajstić information content (AvgIpc) is 2.85. The lowest BCUT2D eigenvalue weighted by atomic mass is 10.0. The van der Waals surface area contributed by atoms with Gasteiger partial charge in [-0.15, -0.1) is 0 Å². The highest BCUT2D eigenvalue weighted by atomic mass is 32.2. The Labute approximate surface area is 208 Å². The second-order valence-corrected chi connectivity index (χ2v) is 10.6. The minimum atomic E-state index is -3.38. The van der Waals surface area contributed by atoms with Crippen LogP contribution < -0.4 is 4.90 Å². The number of sulfone groups is 1. The summed E-state index contributed by atoms with van der Waals surface area (Å²) in [4.78, 5) is 30.6. The number of aromatic nitrogens is 3. The SMILES string of the molecule is CC.CCCC(CCC)N1C(=O)N(C)Cc2cnc3ccc(-c4ccc(S(C)(=O)=O)nc4)nc3c21. The number of carbonyl (C=O) groups excluding carboxylic acids is 1. The lowest BCUT2D eigenvalue weighted by Crippen LogP contribution is -2.50. The topological polar surface area (TPSA) is 96.4 Å². The van der Waals surface area contributed by atoms with E-state index in [9.17, 15) is 13.2 Å². The van der Waals surface area contributed by atoms with Crippen molar-refractivity contribution in [2.45, 2.75) is 71.0 Å². The maximum absolute atomic E-state index is 13.3. The first-order valence-electron chi connectivity index (χ1n) is 12.2. The molecule has 1 aliphatic heterocycles. The largest absolute Gasteiger partial charge is 0.324 e. The van der Waals surface area contributed by atoms with Crippen LogP contribution in [0.2, 0.25) is 0 Å². The molecule has 188 valence electrons. The number of fused-ring (bicyclic) bond motifs is 3. The lowest BCUT2D eigenvalue weighted by molar-refractivity contribution is 0.206. The van der Waals surface area contributed by atoms with E-state index in [0.29, 0.717) is 28.8 Å². The Morgan fingerprint density at radius 3 is 2.26 bits per heavy atom. The summed E-state index contributed by atoms with van der Waals surface area (Å²) in [6.07, 6.45) is 8.27. The molecule has 0 bridgehead atoms. The number of rotatable bonds is 7. The molecule has 0 N–H and O–H groups in total. The molecular weight excluding hydrogens is 462 g/mol. The average molecular weight is 498 g/mol. The number of hydrogen-bond donors (Lipinski definition) is 0. The maximum Gasteiger partial charge on any atom is 0.324 e. The number of urea groups is 1. The molecule has 3 aromatic rings. The van der Waals surface area contributed by atoms with Crippen LogP contribution >= 0.6 is 0 Å². The van der Waals surface area contributed by atoms with E-state index in [-0.39, 0.29) is 17.1 Å². The predicted octanol–water partition coefficient (Wildman–Crippen LogP) is 5.46. The number of pyridine rings is 3. The third kappa shape index (κ3) is 5.45. The highest BCUT2D eigenvalue weighted by Crippen LogP contribution is 2.37. The molecule has 0 aromatic carbocycles. The fourth-order valence-corrected chi connectivity index (χ4v) is 4.96. The van der Waals surface area contributed by atoms with Gasteiger partial charge in [-0.25, -0.2) is 23.2 Å². The van der Waals surface area contributed by atoms with Gasteiger partial charge in [0.2, 0.25) is 0 Å². The molecule has 0 unspecified atom stereocenters. The van der Waals surface area contributed by atoms with Gasteiger partial charge < -0.3 is 4.90 Å². The van der Waals surface area contributed by atoms with Gasteiger partial charge in [0.05, 0.1) is 23.4 Å². The van der Waals surface area contributed by atoms with Crippen LogP contribution in [0.3, 0.4) is 0 Å². The summed E-state index contributed by atoms with van der Waals surface area (Å²) in [6, 6.07) is 6.98. The summed E-state index contributed by atoms with van der Waals surface area (Å²) in [5, 5.41) is 0.0212. The van der Waals surface area contributed by atoms with E-state index in [2.05, 4.69) is 23.8 Å². The number of amides is 2. The normalized spacial score (nSPS) is 13.6. The van der Waals surface area contributed by atoms with E-state index in [1.54, 1.807) is 11.0 Å². The molecule has 4 heterocycles. The number of anilines is 1. The van der Waals surface area contributed by atoms with Gasteiger partial charge in [-0.05, 0) is 37.1 Å². The molecule has 0 fully saturated rings. The van der Waals surface area contributed by atoms with E-state index in [1.165, 1.54) is 12.3 Å². The van der Waals surface area contributed by atoms with Gasteiger partial charge in [0, 0.05) is 42.9 Å². The zero-order chi connectivity index (χ0) is 25.8.